The Labute approximate surface area is 100 Å². The number of hydrogen-bond acceptors (Lipinski definition) is 3. The zero-order chi connectivity index (χ0) is 11.9. The van der Waals surface area contributed by atoms with Crippen molar-refractivity contribution in [3.8, 4) is 0 Å². The summed E-state index contributed by atoms with van der Waals surface area (Å²) in [5, 5.41) is 3.79. The van der Waals surface area contributed by atoms with Gasteiger partial charge in [0.05, 0.1) is 12.5 Å². The van der Waals surface area contributed by atoms with Crippen molar-refractivity contribution in [3.63, 3.8) is 0 Å². The molecule has 0 aliphatic heterocycles. The first-order valence-electron chi connectivity index (χ1n) is 5.27. The van der Waals surface area contributed by atoms with Crippen LogP contribution in [0.5, 0.6) is 0 Å². The smallest absolute Gasteiger partial charge is 0.127 e. The van der Waals surface area contributed by atoms with Crippen molar-refractivity contribution in [2.24, 2.45) is 5.16 Å². The van der Waals surface area contributed by atoms with Crippen molar-refractivity contribution in [1.82, 2.24) is 0 Å². The van der Waals surface area contributed by atoms with E-state index >= 15 is 0 Å². The summed E-state index contributed by atoms with van der Waals surface area (Å²) in [6.07, 6.45) is 5.22. The lowest BCUT2D eigenvalue weighted by Crippen LogP contribution is -1.86. The highest BCUT2D eigenvalue weighted by molar-refractivity contribution is 6.15. The molecule has 1 aromatic carbocycles. The summed E-state index contributed by atoms with van der Waals surface area (Å²) in [5.74, 6) is 0.784. The maximum atomic E-state index is 5.29. The van der Waals surface area contributed by atoms with E-state index < -0.39 is 0 Å². The summed E-state index contributed by atoms with van der Waals surface area (Å²) in [5.41, 5.74) is 1.99. The molecule has 3 heteroatoms. The normalized spacial score (nSPS) is 11.9. The maximum absolute atomic E-state index is 5.29. The number of oxime groups is 1. The quantitative estimate of drug-likeness (QED) is 0.592. The van der Waals surface area contributed by atoms with Crippen LogP contribution in [-0.2, 0) is 4.84 Å². The van der Waals surface area contributed by atoms with Crippen molar-refractivity contribution in [2.45, 2.75) is 0 Å². The minimum Gasteiger partial charge on any atom is -0.465 e. The van der Waals surface area contributed by atoms with E-state index in [1.165, 1.54) is 7.11 Å². The molecule has 0 radical (unpaired) electrons. The van der Waals surface area contributed by atoms with Crippen LogP contribution in [0.25, 0.3) is 11.6 Å². The van der Waals surface area contributed by atoms with Crippen LogP contribution in [-0.4, -0.2) is 13.3 Å². The highest BCUT2D eigenvalue weighted by atomic mass is 16.6. The number of benzene rings is 1. The number of furan rings is 1. The van der Waals surface area contributed by atoms with Gasteiger partial charge >= 0.3 is 0 Å². The Morgan fingerprint density at radius 1 is 1.18 bits per heavy atom. The summed E-state index contributed by atoms with van der Waals surface area (Å²) < 4.78 is 5.29. The van der Waals surface area contributed by atoms with Gasteiger partial charge in [0.25, 0.3) is 0 Å². The number of hydrogen-bond donors (Lipinski definition) is 0. The van der Waals surface area contributed by atoms with Crippen molar-refractivity contribution >= 4 is 17.9 Å². The van der Waals surface area contributed by atoms with Crippen molar-refractivity contribution in [2.75, 3.05) is 7.11 Å². The van der Waals surface area contributed by atoms with Gasteiger partial charge in [-0.1, -0.05) is 35.5 Å². The number of rotatable bonds is 4. The molecule has 1 aromatic heterocycles. The minimum atomic E-state index is 0.784. The lowest BCUT2D eigenvalue weighted by atomic mass is 10.1. The van der Waals surface area contributed by atoms with E-state index in [0.717, 1.165) is 16.9 Å². The molecule has 0 saturated carbocycles. The van der Waals surface area contributed by atoms with E-state index in [1.54, 1.807) is 12.5 Å². The van der Waals surface area contributed by atoms with Crippen LogP contribution in [0, 0.1) is 0 Å². The lowest BCUT2D eigenvalue weighted by molar-refractivity contribution is 0.216. The number of allylic oxidation sites excluding steroid dienone is 1. The topological polar surface area (TPSA) is 34.7 Å². The van der Waals surface area contributed by atoms with E-state index in [-0.39, 0.29) is 0 Å². The second-order valence-corrected chi connectivity index (χ2v) is 3.40. The van der Waals surface area contributed by atoms with E-state index in [0.29, 0.717) is 0 Å². The summed E-state index contributed by atoms with van der Waals surface area (Å²) >= 11 is 0. The first kappa shape index (κ1) is 11.2. The SMILES string of the molecule is CO/N=C/C(=C/c1ccco1)c1ccccc1. The fourth-order valence-corrected chi connectivity index (χ4v) is 1.46. The minimum absolute atomic E-state index is 0.784. The van der Waals surface area contributed by atoms with Crippen LogP contribution >= 0.6 is 0 Å². The standard InChI is InChI=1S/C14H13NO2/c1-16-15-11-13(10-14-8-5-9-17-14)12-6-3-2-4-7-12/h2-11H,1H3/b13-10-,15-11+. The van der Waals surface area contributed by atoms with Gasteiger partial charge in [-0.3, -0.25) is 0 Å². The molecule has 0 saturated heterocycles. The highest BCUT2D eigenvalue weighted by Gasteiger charge is 2.00. The zero-order valence-corrected chi connectivity index (χ0v) is 9.54. The first-order valence-corrected chi connectivity index (χ1v) is 5.27. The van der Waals surface area contributed by atoms with E-state index in [4.69, 9.17) is 9.25 Å². The second kappa shape index (κ2) is 5.70. The Kier molecular flexibility index (Phi) is 3.76. The van der Waals surface area contributed by atoms with Gasteiger partial charge in [-0.05, 0) is 23.8 Å². The molecule has 0 N–H and O–H groups in total. The molecule has 0 amide bonds. The number of nitrogens with zero attached hydrogens (tertiary/aromatic N) is 1. The molecule has 0 aliphatic rings. The van der Waals surface area contributed by atoms with Crippen LogP contribution in [0.1, 0.15) is 11.3 Å². The third-order valence-electron chi connectivity index (χ3n) is 2.25. The van der Waals surface area contributed by atoms with E-state index in [9.17, 15) is 0 Å². The van der Waals surface area contributed by atoms with Crippen LogP contribution in [0.2, 0.25) is 0 Å². The van der Waals surface area contributed by atoms with Gasteiger partial charge in [0.15, 0.2) is 0 Å². The van der Waals surface area contributed by atoms with E-state index in [2.05, 4.69) is 5.16 Å². The predicted octanol–water partition coefficient (Wildman–Crippen LogP) is 3.45. The molecule has 2 aromatic rings. The predicted molar refractivity (Wildman–Crippen MR) is 68.5 cm³/mol. The molecular formula is C14H13NO2. The van der Waals surface area contributed by atoms with Gasteiger partial charge in [-0.15, -0.1) is 0 Å². The van der Waals surface area contributed by atoms with Gasteiger partial charge in [0.1, 0.15) is 12.9 Å². The Hall–Kier alpha value is -2.29. The zero-order valence-electron chi connectivity index (χ0n) is 9.54. The fourth-order valence-electron chi connectivity index (χ4n) is 1.46. The fraction of sp³-hybridized carbons (Fsp3) is 0.0714. The molecule has 1 heterocycles. The average Bonchev–Trinajstić information content (AvgIpc) is 2.88. The van der Waals surface area contributed by atoms with Crippen LogP contribution < -0.4 is 0 Å². The van der Waals surface area contributed by atoms with Crippen LogP contribution in [0.15, 0.2) is 58.3 Å². The van der Waals surface area contributed by atoms with Gasteiger partial charge in [0, 0.05) is 5.57 Å². The summed E-state index contributed by atoms with van der Waals surface area (Å²) in [7, 11) is 1.52. The second-order valence-electron chi connectivity index (χ2n) is 3.40. The third-order valence-corrected chi connectivity index (χ3v) is 2.25. The molecule has 0 unspecified atom stereocenters. The molecule has 2 rings (SSSR count). The monoisotopic (exact) mass is 227 g/mol. The summed E-state index contributed by atoms with van der Waals surface area (Å²) in [6.45, 7) is 0. The molecule has 0 aliphatic carbocycles. The molecule has 0 bridgehead atoms. The Morgan fingerprint density at radius 2 is 2.00 bits per heavy atom. The van der Waals surface area contributed by atoms with Crippen molar-refractivity contribution < 1.29 is 9.25 Å². The summed E-state index contributed by atoms with van der Waals surface area (Å²) in [6, 6.07) is 13.7. The first-order chi connectivity index (χ1) is 8.40. The Balaban J connectivity index is 2.35. The van der Waals surface area contributed by atoms with Crippen molar-refractivity contribution in [1.29, 1.82) is 0 Å². The molecule has 0 fully saturated rings. The Morgan fingerprint density at radius 3 is 2.65 bits per heavy atom. The van der Waals surface area contributed by atoms with Gasteiger partial charge in [-0.2, -0.15) is 0 Å². The summed E-state index contributed by atoms with van der Waals surface area (Å²) in [4.78, 5) is 4.71. The van der Waals surface area contributed by atoms with E-state index in [1.807, 2.05) is 48.5 Å². The Bertz CT molecular complexity index is 498. The molecule has 17 heavy (non-hydrogen) atoms. The average molecular weight is 227 g/mol. The third kappa shape index (κ3) is 3.08. The van der Waals surface area contributed by atoms with Crippen LogP contribution in [0.4, 0.5) is 0 Å². The van der Waals surface area contributed by atoms with Crippen molar-refractivity contribution in [3.05, 3.63) is 60.1 Å². The van der Waals surface area contributed by atoms with Crippen LogP contribution in [0.3, 0.4) is 0 Å². The van der Waals surface area contributed by atoms with Gasteiger partial charge in [-0.25, -0.2) is 0 Å². The molecule has 0 atom stereocenters. The molecule has 86 valence electrons. The van der Waals surface area contributed by atoms with Gasteiger partial charge in [0.2, 0.25) is 0 Å². The molecule has 0 spiro atoms. The lowest BCUT2D eigenvalue weighted by Gasteiger charge is -2.00. The largest absolute Gasteiger partial charge is 0.465 e. The molecular weight excluding hydrogens is 214 g/mol. The van der Waals surface area contributed by atoms with Gasteiger partial charge < -0.3 is 9.25 Å². The maximum Gasteiger partial charge on any atom is 0.127 e. The molecule has 3 nitrogen and oxygen atoms in total. The highest BCUT2D eigenvalue weighted by Crippen LogP contribution is 2.16.